The minimum atomic E-state index is 0. The molecule has 1 aliphatic rings. The van der Waals surface area contributed by atoms with Crippen LogP contribution in [0.4, 0.5) is 5.69 Å². The topological polar surface area (TPSA) is 59.6 Å². The molecule has 0 bridgehead atoms. The highest BCUT2D eigenvalue weighted by Crippen LogP contribution is 2.23. The number of nitrogens with one attached hydrogen (secondary N) is 2. The lowest BCUT2D eigenvalue weighted by molar-refractivity contribution is 0.452. The molecule has 0 aliphatic carbocycles. The van der Waals surface area contributed by atoms with Crippen LogP contribution in [0, 0.1) is 5.92 Å². The fourth-order valence-electron chi connectivity index (χ4n) is 4.00. The molecule has 2 heterocycles. The van der Waals surface area contributed by atoms with E-state index in [1.165, 1.54) is 12.1 Å². The predicted octanol–water partition coefficient (Wildman–Crippen LogP) is 4.23. The molecule has 3 aromatic rings. The van der Waals surface area contributed by atoms with E-state index in [4.69, 9.17) is 0 Å². The summed E-state index contributed by atoms with van der Waals surface area (Å²) in [6, 6.07) is 20.9. The van der Waals surface area contributed by atoms with Crippen molar-refractivity contribution in [1.29, 1.82) is 0 Å². The number of imidazole rings is 1. The van der Waals surface area contributed by atoms with Crippen LogP contribution in [0.15, 0.2) is 71.9 Å². The van der Waals surface area contributed by atoms with Gasteiger partial charge in [0, 0.05) is 39.4 Å². The molecule has 0 radical (unpaired) electrons. The van der Waals surface area contributed by atoms with Crippen molar-refractivity contribution in [2.24, 2.45) is 10.9 Å². The van der Waals surface area contributed by atoms with E-state index >= 15 is 0 Å². The first kappa shape index (κ1) is 23.1. The number of para-hydroxylation sites is 1. The van der Waals surface area contributed by atoms with E-state index in [-0.39, 0.29) is 24.0 Å². The van der Waals surface area contributed by atoms with Gasteiger partial charge in [-0.05, 0) is 30.0 Å². The zero-order chi connectivity index (χ0) is 20.8. The fraction of sp³-hybridized carbons (Fsp3) is 0.333. The first-order valence-corrected chi connectivity index (χ1v) is 10.5. The monoisotopic (exact) mass is 530 g/mol. The normalized spacial score (nSPS) is 16.1. The Balaban J connectivity index is 0.00000272. The predicted molar refractivity (Wildman–Crippen MR) is 139 cm³/mol. The highest BCUT2D eigenvalue weighted by Gasteiger charge is 2.23. The molecule has 1 unspecified atom stereocenters. The maximum Gasteiger partial charge on any atom is 0.193 e. The van der Waals surface area contributed by atoms with Gasteiger partial charge in [0.2, 0.25) is 0 Å². The third-order valence-corrected chi connectivity index (χ3v) is 5.63. The molecule has 1 fully saturated rings. The number of benzene rings is 2. The highest BCUT2D eigenvalue weighted by molar-refractivity contribution is 14.0. The van der Waals surface area contributed by atoms with E-state index < -0.39 is 0 Å². The number of rotatable bonds is 6. The Hall–Kier alpha value is -2.55. The number of H-pyrrole nitrogens is 1. The standard InChI is InChI=1S/C24H30N6.HI/c1-25-24(27-15-19-13-14-30(17-19)21-11-7-4-8-12-21)29(2)18-23-26-16-22(28-23)20-9-5-3-6-10-20;/h3-12,16,19H,13-15,17-18H2,1-2H3,(H,25,27)(H,26,28);1H. The van der Waals surface area contributed by atoms with Gasteiger partial charge in [0.15, 0.2) is 5.96 Å². The van der Waals surface area contributed by atoms with Gasteiger partial charge in [0.25, 0.3) is 0 Å². The zero-order valence-corrected chi connectivity index (χ0v) is 20.5. The largest absolute Gasteiger partial charge is 0.371 e. The number of aliphatic imine (C=N–C) groups is 1. The molecule has 1 aromatic heterocycles. The van der Waals surface area contributed by atoms with Crippen molar-refractivity contribution in [2.75, 3.05) is 38.6 Å². The summed E-state index contributed by atoms with van der Waals surface area (Å²) in [4.78, 5) is 17.0. The molecule has 2 N–H and O–H groups in total. The molecule has 0 saturated carbocycles. The van der Waals surface area contributed by atoms with Crippen molar-refractivity contribution in [3.63, 3.8) is 0 Å². The number of nitrogens with zero attached hydrogens (tertiary/aromatic N) is 4. The Labute approximate surface area is 201 Å². The second-order valence-electron chi connectivity index (χ2n) is 7.83. The summed E-state index contributed by atoms with van der Waals surface area (Å²) in [5.74, 6) is 2.44. The first-order chi connectivity index (χ1) is 14.7. The summed E-state index contributed by atoms with van der Waals surface area (Å²) >= 11 is 0. The van der Waals surface area contributed by atoms with Crippen molar-refractivity contribution in [2.45, 2.75) is 13.0 Å². The summed E-state index contributed by atoms with van der Waals surface area (Å²) in [5, 5.41) is 3.55. The number of aromatic nitrogens is 2. The molecular weight excluding hydrogens is 499 g/mol. The van der Waals surface area contributed by atoms with Crippen molar-refractivity contribution in [3.8, 4) is 11.3 Å². The number of anilines is 1. The maximum atomic E-state index is 4.54. The lowest BCUT2D eigenvalue weighted by Gasteiger charge is -2.23. The lowest BCUT2D eigenvalue weighted by Crippen LogP contribution is -2.41. The van der Waals surface area contributed by atoms with Crippen LogP contribution in [0.2, 0.25) is 0 Å². The molecule has 1 atom stereocenters. The van der Waals surface area contributed by atoms with Gasteiger partial charge in [0.05, 0.1) is 18.4 Å². The van der Waals surface area contributed by atoms with E-state index in [1.807, 2.05) is 38.5 Å². The molecule has 6 nitrogen and oxygen atoms in total. The van der Waals surface area contributed by atoms with Gasteiger partial charge in [-0.15, -0.1) is 24.0 Å². The molecule has 0 amide bonds. The number of aromatic amines is 1. The lowest BCUT2D eigenvalue weighted by atomic mass is 10.1. The van der Waals surface area contributed by atoms with Crippen LogP contribution in [0.3, 0.4) is 0 Å². The van der Waals surface area contributed by atoms with E-state index in [0.29, 0.717) is 12.5 Å². The Morgan fingerprint density at radius 3 is 2.58 bits per heavy atom. The molecule has 164 valence electrons. The summed E-state index contributed by atoms with van der Waals surface area (Å²) in [6.07, 6.45) is 3.09. The molecule has 1 aliphatic heterocycles. The van der Waals surface area contributed by atoms with Gasteiger partial charge >= 0.3 is 0 Å². The second kappa shape index (κ2) is 11.2. The number of hydrogen-bond acceptors (Lipinski definition) is 3. The van der Waals surface area contributed by atoms with Gasteiger partial charge in [-0.25, -0.2) is 4.98 Å². The van der Waals surface area contributed by atoms with Crippen molar-refractivity contribution in [1.82, 2.24) is 20.2 Å². The van der Waals surface area contributed by atoms with Crippen molar-refractivity contribution < 1.29 is 0 Å². The molecule has 7 heteroatoms. The molecule has 4 rings (SSSR count). The fourth-order valence-corrected chi connectivity index (χ4v) is 4.00. The average molecular weight is 530 g/mol. The first-order valence-electron chi connectivity index (χ1n) is 10.5. The summed E-state index contributed by atoms with van der Waals surface area (Å²) < 4.78 is 0. The van der Waals surface area contributed by atoms with E-state index in [0.717, 1.165) is 42.7 Å². The minimum absolute atomic E-state index is 0. The van der Waals surface area contributed by atoms with E-state index in [1.54, 1.807) is 0 Å². The van der Waals surface area contributed by atoms with Gasteiger partial charge in [-0.1, -0.05) is 48.5 Å². The van der Waals surface area contributed by atoms with Crippen molar-refractivity contribution >= 4 is 35.6 Å². The Morgan fingerprint density at radius 1 is 1.16 bits per heavy atom. The summed E-state index contributed by atoms with van der Waals surface area (Å²) in [6.45, 7) is 3.79. The van der Waals surface area contributed by atoms with Crippen LogP contribution < -0.4 is 10.2 Å². The maximum absolute atomic E-state index is 4.54. The second-order valence-corrected chi connectivity index (χ2v) is 7.83. The average Bonchev–Trinajstić information content (AvgIpc) is 3.45. The smallest absolute Gasteiger partial charge is 0.193 e. The zero-order valence-electron chi connectivity index (χ0n) is 18.2. The summed E-state index contributed by atoms with van der Waals surface area (Å²) in [5.41, 5.74) is 3.49. The molecular formula is C24H31IN6. The van der Waals surface area contributed by atoms with Crippen LogP contribution in [-0.2, 0) is 6.54 Å². The molecule has 1 saturated heterocycles. The highest BCUT2D eigenvalue weighted by atomic mass is 127. The van der Waals surface area contributed by atoms with Crippen LogP contribution in [0.5, 0.6) is 0 Å². The van der Waals surface area contributed by atoms with Crippen molar-refractivity contribution in [3.05, 3.63) is 72.7 Å². The van der Waals surface area contributed by atoms with Gasteiger partial charge < -0.3 is 20.1 Å². The van der Waals surface area contributed by atoms with Crippen LogP contribution >= 0.6 is 24.0 Å². The third-order valence-electron chi connectivity index (χ3n) is 5.63. The number of halogens is 1. The van der Waals surface area contributed by atoms with E-state index in [9.17, 15) is 0 Å². The summed E-state index contributed by atoms with van der Waals surface area (Å²) in [7, 11) is 3.88. The third kappa shape index (κ3) is 6.00. The van der Waals surface area contributed by atoms with Crippen LogP contribution in [0.1, 0.15) is 12.2 Å². The number of hydrogen-bond donors (Lipinski definition) is 2. The quantitative estimate of drug-likeness (QED) is 0.285. The van der Waals surface area contributed by atoms with Crippen LogP contribution in [0.25, 0.3) is 11.3 Å². The number of guanidine groups is 1. The van der Waals surface area contributed by atoms with Gasteiger partial charge in [0.1, 0.15) is 5.82 Å². The van der Waals surface area contributed by atoms with E-state index in [2.05, 4.69) is 72.5 Å². The minimum Gasteiger partial charge on any atom is -0.371 e. The van der Waals surface area contributed by atoms with Gasteiger partial charge in [-0.2, -0.15) is 0 Å². The SMILES string of the molecule is CN=C(NCC1CCN(c2ccccc2)C1)N(C)Cc1ncc(-c2ccccc2)[nH]1.I. The van der Waals surface area contributed by atoms with Crippen LogP contribution in [-0.4, -0.2) is 54.6 Å². The Morgan fingerprint density at radius 2 is 1.87 bits per heavy atom. The Kier molecular flexibility index (Phi) is 8.34. The molecule has 0 spiro atoms. The molecule has 2 aromatic carbocycles. The molecule has 31 heavy (non-hydrogen) atoms. The van der Waals surface area contributed by atoms with Gasteiger partial charge in [-0.3, -0.25) is 4.99 Å². The Bertz CT molecular complexity index is 956.